The monoisotopic (exact) mass is 779 g/mol. The van der Waals surface area contributed by atoms with Crippen LogP contribution in [0.4, 0.5) is 0 Å². The molecule has 0 aliphatic heterocycles. The lowest BCUT2D eigenvalue weighted by molar-refractivity contribution is -0.887. The van der Waals surface area contributed by atoms with Crippen molar-refractivity contribution in [1.82, 2.24) is 0 Å². The summed E-state index contributed by atoms with van der Waals surface area (Å²) in [6.07, 6.45) is 42.2. The lowest BCUT2D eigenvalue weighted by atomic mass is 10.1. The van der Waals surface area contributed by atoms with Crippen molar-refractivity contribution in [2.24, 2.45) is 0 Å². The van der Waals surface area contributed by atoms with Gasteiger partial charge in [0.15, 0.2) is 12.1 Å². The number of nitrogens with zero attached hydrogens (tertiary/aromatic N) is 1. The van der Waals surface area contributed by atoms with Crippen molar-refractivity contribution >= 4 is 17.9 Å². The number of allylic oxidation sites excluding steroid dienone is 4. The molecule has 0 fully saturated rings. The molecule has 55 heavy (non-hydrogen) atoms. The molecule has 0 spiro atoms. The van der Waals surface area contributed by atoms with Crippen LogP contribution in [-0.2, 0) is 28.6 Å². The van der Waals surface area contributed by atoms with E-state index in [4.69, 9.17) is 14.2 Å². The molecule has 8 heteroatoms. The number of hydrogen-bond donors (Lipinski definition) is 1. The lowest BCUT2D eigenvalue weighted by Crippen LogP contribution is -2.50. The minimum absolute atomic E-state index is 0.0558. The van der Waals surface area contributed by atoms with E-state index in [2.05, 4.69) is 38.2 Å². The highest BCUT2D eigenvalue weighted by molar-refractivity contribution is 5.72. The van der Waals surface area contributed by atoms with Gasteiger partial charge in [-0.2, -0.15) is 0 Å². The molecule has 0 saturated heterocycles. The van der Waals surface area contributed by atoms with E-state index in [0.29, 0.717) is 19.3 Å². The number of carboxylic acids is 1. The van der Waals surface area contributed by atoms with Crippen molar-refractivity contribution in [3.05, 3.63) is 24.3 Å². The number of hydrogen-bond acceptors (Lipinski definition) is 6. The minimum atomic E-state index is -0.877. The van der Waals surface area contributed by atoms with Crippen LogP contribution in [0.25, 0.3) is 0 Å². The van der Waals surface area contributed by atoms with Crippen molar-refractivity contribution in [2.45, 2.75) is 219 Å². The van der Waals surface area contributed by atoms with Gasteiger partial charge in [0.25, 0.3) is 0 Å². The Bertz CT molecular complexity index is 957. The van der Waals surface area contributed by atoms with Gasteiger partial charge in [-0.05, 0) is 64.2 Å². The highest BCUT2D eigenvalue weighted by Gasteiger charge is 2.31. The van der Waals surface area contributed by atoms with Crippen molar-refractivity contribution in [2.75, 3.05) is 41.0 Å². The van der Waals surface area contributed by atoms with E-state index in [1.165, 1.54) is 109 Å². The molecule has 0 aromatic rings. The molecule has 0 aromatic heterocycles. The third-order valence-electron chi connectivity index (χ3n) is 10.3. The Balaban J connectivity index is 4.33. The van der Waals surface area contributed by atoms with Crippen LogP contribution in [0, 0.1) is 0 Å². The van der Waals surface area contributed by atoms with Gasteiger partial charge in [-0.3, -0.25) is 9.59 Å². The van der Waals surface area contributed by atoms with Crippen molar-refractivity contribution in [1.29, 1.82) is 0 Å². The first kappa shape index (κ1) is 52.8. The molecule has 0 aliphatic carbocycles. The van der Waals surface area contributed by atoms with E-state index < -0.39 is 18.1 Å². The fourth-order valence-electron chi connectivity index (χ4n) is 6.73. The Labute approximate surface area is 339 Å². The number of unbranched alkanes of at least 4 members (excludes halogenated alkanes) is 23. The smallest absolute Gasteiger partial charge is 0.362 e. The van der Waals surface area contributed by atoms with Gasteiger partial charge in [0.05, 0.1) is 34.4 Å². The standard InChI is InChI=1S/C47H87NO7/c1-6-8-10-12-14-16-18-20-21-22-23-24-26-28-30-32-34-36-38-46(50)55-43(41-53-40-39-44(47(51)52)48(3,4)5)42-54-45(49)37-35-33-31-29-27-25-19-17-15-13-11-9-7-2/h23-25,27,43-44H,6-22,26,28-42H2,1-5H3/p+1/b24-23+,27-25+. The second-order valence-electron chi connectivity index (χ2n) is 16.7. The Morgan fingerprint density at radius 1 is 0.527 bits per heavy atom. The van der Waals surface area contributed by atoms with Crippen LogP contribution in [-0.4, -0.2) is 80.6 Å². The summed E-state index contributed by atoms with van der Waals surface area (Å²) in [5, 5.41) is 9.62. The summed E-state index contributed by atoms with van der Waals surface area (Å²) < 4.78 is 17.3. The topological polar surface area (TPSA) is 99.1 Å². The van der Waals surface area contributed by atoms with Crippen LogP contribution >= 0.6 is 0 Å². The molecule has 0 aliphatic rings. The maximum atomic E-state index is 12.7. The zero-order valence-electron chi connectivity index (χ0n) is 36.6. The average molecular weight is 779 g/mol. The van der Waals surface area contributed by atoms with Crippen LogP contribution in [0.3, 0.4) is 0 Å². The quantitative estimate of drug-likeness (QED) is 0.0285. The number of rotatable bonds is 41. The molecular formula is C47H88NO7+. The third-order valence-corrected chi connectivity index (χ3v) is 10.3. The maximum absolute atomic E-state index is 12.7. The summed E-state index contributed by atoms with van der Waals surface area (Å²) in [7, 11) is 5.52. The fourth-order valence-corrected chi connectivity index (χ4v) is 6.73. The summed E-state index contributed by atoms with van der Waals surface area (Å²) in [4.78, 5) is 37.0. The summed E-state index contributed by atoms with van der Waals surface area (Å²) in [5.74, 6) is -1.49. The van der Waals surface area contributed by atoms with Gasteiger partial charge >= 0.3 is 17.9 Å². The third kappa shape index (κ3) is 37.2. The molecule has 1 N–H and O–H groups in total. The molecule has 0 aromatic carbocycles. The summed E-state index contributed by atoms with van der Waals surface area (Å²) >= 11 is 0. The summed E-state index contributed by atoms with van der Waals surface area (Å²) in [5.41, 5.74) is 0. The summed E-state index contributed by atoms with van der Waals surface area (Å²) in [6.45, 7) is 4.72. The Morgan fingerprint density at radius 2 is 0.909 bits per heavy atom. The van der Waals surface area contributed by atoms with Crippen molar-refractivity contribution in [3.63, 3.8) is 0 Å². The molecule has 0 heterocycles. The Hall–Kier alpha value is -2.19. The predicted octanol–water partition coefficient (Wildman–Crippen LogP) is 12.5. The van der Waals surface area contributed by atoms with Gasteiger partial charge in [0, 0.05) is 19.3 Å². The first-order valence-electron chi connectivity index (χ1n) is 22.9. The average Bonchev–Trinajstić information content (AvgIpc) is 3.14. The number of quaternary nitrogens is 1. The first-order valence-corrected chi connectivity index (χ1v) is 22.9. The number of esters is 2. The highest BCUT2D eigenvalue weighted by atomic mass is 16.6. The van der Waals surface area contributed by atoms with Crippen molar-refractivity contribution < 1.29 is 38.2 Å². The Kier molecular flexibility index (Phi) is 37.1. The van der Waals surface area contributed by atoms with Gasteiger partial charge in [0.1, 0.15) is 6.61 Å². The van der Waals surface area contributed by atoms with Crippen LogP contribution in [0.5, 0.6) is 0 Å². The zero-order valence-corrected chi connectivity index (χ0v) is 36.6. The zero-order chi connectivity index (χ0) is 40.7. The number of carboxylic acid groups (broad SMARTS) is 1. The largest absolute Gasteiger partial charge is 0.477 e. The lowest BCUT2D eigenvalue weighted by Gasteiger charge is -2.31. The van der Waals surface area contributed by atoms with Crippen LogP contribution in [0.15, 0.2) is 24.3 Å². The van der Waals surface area contributed by atoms with E-state index in [9.17, 15) is 19.5 Å². The van der Waals surface area contributed by atoms with Crippen molar-refractivity contribution in [3.8, 4) is 0 Å². The van der Waals surface area contributed by atoms with Crippen LogP contribution in [0.1, 0.15) is 206 Å². The molecule has 322 valence electrons. The van der Waals surface area contributed by atoms with Crippen LogP contribution in [0.2, 0.25) is 0 Å². The molecule has 0 rings (SSSR count). The highest BCUT2D eigenvalue weighted by Crippen LogP contribution is 2.14. The SMILES string of the molecule is CCCCCCCC/C=C/CCCCCC(=O)OCC(COCCC(C(=O)O)[N+](C)(C)C)OC(=O)CCCCCCC/C=C/CCCCCCCCCCC. The number of carbonyl (C=O) groups excluding carboxylic acids is 2. The van der Waals surface area contributed by atoms with Gasteiger partial charge in [-0.15, -0.1) is 0 Å². The van der Waals surface area contributed by atoms with E-state index in [1.807, 2.05) is 21.1 Å². The number of aliphatic carboxylic acids is 1. The summed E-state index contributed by atoms with van der Waals surface area (Å²) in [6, 6.07) is -0.616. The molecule has 0 amide bonds. The van der Waals surface area contributed by atoms with Gasteiger partial charge < -0.3 is 23.8 Å². The van der Waals surface area contributed by atoms with E-state index in [1.54, 1.807) is 0 Å². The minimum Gasteiger partial charge on any atom is -0.477 e. The maximum Gasteiger partial charge on any atom is 0.362 e. The molecule has 2 atom stereocenters. The molecule has 2 unspecified atom stereocenters. The van der Waals surface area contributed by atoms with Crippen LogP contribution < -0.4 is 0 Å². The molecule has 8 nitrogen and oxygen atoms in total. The molecule has 0 saturated carbocycles. The number of carbonyl (C=O) groups is 3. The van der Waals surface area contributed by atoms with E-state index >= 15 is 0 Å². The second kappa shape index (κ2) is 38.7. The van der Waals surface area contributed by atoms with E-state index in [-0.39, 0.29) is 36.2 Å². The van der Waals surface area contributed by atoms with Gasteiger partial charge in [0.2, 0.25) is 0 Å². The Morgan fingerprint density at radius 3 is 1.33 bits per heavy atom. The van der Waals surface area contributed by atoms with Gasteiger partial charge in [-0.1, -0.05) is 147 Å². The first-order chi connectivity index (χ1) is 26.6. The molecule has 0 bridgehead atoms. The van der Waals surface area contributed by atoms with Gasteiger partial charge in [-0.25, -0.2) is 4.79 Å². The normalized spacial score (nSPS) is 13.1. The fraction of sp³-hybridized carbons (Fsp3) is 0.851. The molecular weight excluding hydrogens is 691 g/mol. The number of likely N-dealkylation sites (N-methyl/N-ethyl adjacent to an activating group) is 1. The van der Waals surface area contributed by atoms with E-state index in [0.717, 1.165) is 64.2 Å². The molecule has 0 radical (unpaired) electrons. The number of ether oxygens (including phenoxy) is 3. The second-order valence-corrected chi connectivity index (χ2v) is 16.7. The predicted molar refractivity (Wildman–Crippen MR) is 229 cm³/mol.